The minimum absolute atomic E-state index is 0.0416. The molecule has 0 radical (unpaired) electrons. The van der Waals surface area contributed by atoms with Crippen LogP contribution in [0.3, 0.4) is 0 Å². The van der Waals surface area contributed by atoms with E-state index in [1.807, 2.05) is 35.2 Å². The van der Waals surface area contributed by atoms with Crippen LogP contribution in [0.2, 0.25) is 0 Å². The average Bonchev–Trinajstić information content (AvgIpc) is 2.83. The number of benzene rings is 3. The Morgan fingerprint density at radius 3 is 2.19 bits per heavy atom. The van der Waals surface area contributed by atoms with E-state index in [2.05, 4.69) is 6.92 Å². The maximum absolute atomic E-state index is 13.4. The van der Waals surface area contributed by atoms with E-state index >= 15 is 0 Å². The normalized spacial score (nSPS) is 16.5. The Balaban J connectivity index is 1.58. The molecule has 1 heterocycles. The first-order chi connectivity index (χ1) is 15.4. The van der Waals surface area contributed by atoms with Gasteiger partial charge < -0.3 is 4.90 Å². The molecular weight excluding hydrogens is 420 g/mol. The maximum Gasteiger partial charge on any atom is 0.264 e. The van der Waals surface area contributed by atoms with Crippen LogP contribution in [0.15, 0.2) is 89.8 Å². The molecule has 1 aliphatic heterocycles. The zero-order valence-electron chi connectivity index (χ0n) is 18.2. The lowest BCUT2D eigenvalue weighted by molar-refractivity contribution is 0.0683. The summed E-state index contributed by atoms with van der Waals surface area (Å²) in [7, 11) is -3.74. The van der Waals surface area contributed by atoms with Gasteiger partial charge in [-0.2, -0.15) is 0 Å². The molecule has 0 N–H and O–H groups in total. The number of carbonyl (C=O) groups is 1. The Kier molecular flexibility index (Phi) is 6.61. The molecule has 0 aromatic heterocycles. The first-order valence-electron chi connectivity index (χ1n) is 11.0. The molecular formula is C26H28N2O3S. The molecule has 5 nitrogen and oxygen atoms in total. The molecule has 0 saturated carbocycles. The number of piperidine rings is 1. The van der Waals surface area contributed by atoms with Crippen molar-refractivity contribution in [2.24, 2.45) is 5.92 Å². The third-order valence-electron chi connectivity index (χ3n) is 5.85. The van der Waals surface area contributed by atoms with Gasteiger partial charge >= 0.3 is 0 Å². The lowest BCUT2D eigenvalue weighted by Crippen LogP contribution is -2.39. The Labute approximate surface area is 190 Å². The van der Waals surface area contributed by atoms with Gasteiger partial charge in [-0.15, -0.1) is 0 Å². The number of hydrogen-bond donors (Lipinski definition) is 0. The molecule has 0 unspecified atom stereocenters. The smallest absolute Gasteiger partial charge is 0.264 e. The topological polar surface area (TPSA) is 57.7 Å². The summed E-state index contributed by atoms with van der Waals surface area (Å²) in [6, 6.07) is 24.8. The number of anilines is 1. The van der Waals surface area contributed by atoms with Crippen molar-refractivity contribution < 1.29 is 13.2 Å². The quantitative estimate of drug-likeness (QED) is 0.536. The molecule has 0 aliphatic carbocycles. The molecule has 3 aromatic carbocycles. The highest BCUT2D eigenvalue weighted by Gasteiger charge is 2.26. The van der Waals surface area contributed by atoms with Gasteiger partial charge in [0, 0.05) is 18.7 Å². The van der Waals surface area contributed by atoms with E-state index in [0.717, 1.165) is 31.5 Å². The highest BCUT2D eigenvalue weighted by molar-refractivity contribution is 7.92. The first kappa shape index (κ1) is 22.1. The third-order valence-corrected chi connectivity index (χ3v) is 7.63. The summed E-state index contributed by atoms with van der Waals surface area (Å²) in [5.74, 6) is 0.564. The number of likely N-dealkylation sites (tertiary alicyclic amines) is 1. The minimum Gasteiger partial charge on any atom is -0.338 e. The van der Waals surface area contributed by atoms with Gasteiger partial charge in [-0.05, 0) is 60.7 Å². The predicted octanol–water partition coefficient (Wildman–Crippen LogP) is 4.95. The maximum atomic E-state index is 13.4. The first-order valence-corrected chi connectivity index (χ1v) is 12.4. The molecule has 1 atom stereocenters. The fourth-order valence-electron chi connectivity index (χ4n) is 4.10. The van der Waals surface area contributed by atoms with E-state index in [1.165, 1.54) is 4.31 Å². The van der Waals surface area contributed by atoms with E-state index in [-0.39, 0.29) is 17.3 Å². The zero-order chi connectivity index (χ0) is 22.6. The van der Waals surface area contributed by atoms with Gasteiger partial charge in [0.25, 0.3) is 15.9 Å². The van der Waals surface area contributed by atoms with Crippen LogP contribution in [-0.4, -0.2) is 32.3 Å². The average molecular weight is 449 g/mol. The second-order valence-electron chi connectivity index (χ2n) is 8.36. The monoisotopic (exact) mass is 448 g/mol. The lowest BCUT2D eigenvalue weighted by atomic mass is 9.99. The molecule has 32 heavy (non-hydrogen) atoms. The number of hydrogen-bond acceptors (Lipinski definition) is 3. The van der Waals surface area contributed by atoms with Crippen LogP contribution in [0.25, 0.3) is 0 Å². The van der Waals surface area contributed by atoms with Crippen LogP contribution in [0.1, 0.15) is 35.7 Å². The molecule has 0 bridgehead atoms. The van der Waals surface area contributed by atoms with Crippen molar-refractivity contribution in [2.75, 3.05) is 17.4 Å². The van der Waals surface area contributed by atoms with Gasteiger partial charge in [-0.3, -0.25) is 9.10 Å². The SMILES string of the molecule is C[C@@H]1CCCN(C(=O)c2ccc(CN(c3ccccc3)S(=O)(=O)c3ccccc3)cc2)C1. The fraction of sp³-hybridized carbons (Fsp3) is 0.269. The van der Waals surface area contributed by atoms with Crippen molar-refractivity contribution in [2.45, 2.75) is 31.2 Å². The number of rotatable bonds is 6. The van der Waals surface area contributed by atoms with Gasteiger partial charge in [0.2, 0.25) is 0 Å². The Morgan fingerprint density at radius 1 is 0.938 bits per heavy atom. The van der Waals surface area contributed by atoms with Crippen LogP contribution in [-0.2, 0) is 16.6 Å². The lowest BCUT2D eigenvalue weighted by Gasteiger charge is -2.31. The highest BCUT2D eigenvalue weighted by Crippen LogP contribution is 2.26. The molecule has 6 heteroatoms. The summed E-state index contributed by atoms with van der Waals surface area (Å²) in [5, 5.41) is 0. The third kappa shape index (κ3) is 4.86. The number of amides is 1. The summed E-state index contributed by atoms with van der Waals surface area (Å²) in [5.41, 5.74) is 2.05. The van der Waals surface area contributed by atoms with E-state index in [0.29, 0.717) is 17.2 Å². The zero-order valence-corrected chi connectivity index (χ0v) is 19.0. The molecule has 1 saturated heterocycles. The molecule has 4 rings (SSSR count). The van der Waals surface area contributed by atoms with Crippen LogP contribution >= 0.6 is 0 Å². The standard InChI is InChI=1S/C26H28N2O3S/c1-21-9-8-18-27(19-21)26(29)23-16-14-22(15-17-23)20-28(24-10-4-2-5-11-24)32(30,31)25-12-6-3-7-13-25/h2-7,10-17,21H,8-9,18-20H2,1H3/t21-/m1/s1. The molecule has 1 aliphatic rings. The molecule has 166 valence electrons. The summed E-state index contributed by atoms with van der Waals surface area (Å²) >= 11 is 0. The van der Waals surface area contributed by atoms with E-state index in [9.17, 15) is 13.2 Å². The summed E-state index contributed by atoms with van der Waals surface area (Å²) in [4.78, 5) is 15.0. The van der Waals surface area contributed by atoms with Gasteiger partial charge in [-0.1, -0.05) is 55.5 Å². The van der Waals surface area contributed by atoms with Crippen LogP contribution in [0.5, 0.6) is 0 Å². The van der Waals surface area contributed by atoms with E-state index in [4.69, 9.17) is 0 Å². The second kappa shape index (κ2) is 9.57. The van der Waals surface area contributed by atoms with Gasteiger partial charge in [-0.25, -0.2) is 8.42 Å². The van der Waals surface area contributed by atoms with Crippen LogP contribution in [0.4, 0.5) is 5.69 Å². The van der Waals surface area contributed by atoms with Gasteiger partial charge in [0.1, 0.15) is 0 Å². The molecule has 1 amide bonds. The second-order valence-corrected chi connectivity index (χ2v) is 10.2. The molecule has 0 spiro atoms. The van der Waals surface area contributed by atoms with E-state index in [1.54, 1.807) is 54.6 Å². The number of para-hydroxylation sites is 1. The highest BCUT2D eigenvalue weighted by atomic mass is 32.2. The van der Waals surface area contributed by atoms with Crippen molar-refractivity contribution in [3.05, 3.63) is 96.1 Å². The number of carbonyl (C=O) groups excluding carboxylic acids is 1. The van der Waals surface area contributed by atoms with E-state index < -0.39 is 10.0 Å². The summed E-state index contributed by atoms with van der Waals surface area (Å²) in [6.45, 7) is 3.93. The van der Waals surface area contributed by atoms with Gasteiger partial charge in [0.15, 0.2) is 0 Å². The van der Waals surface area contributed by atoms with Gasteiger partial charge in [0.05, 0.1) is 17.1 Å². The summed E-state index contributed by atoms with van der Waals surface area (Å²) in [6.07, 6.45) is 2.20. The van der Waals surface area contributed by atoms with Crippen LogP contribution < -0.4 is 4.31 Å². The number of nitrogens with zero attached hydrogens (tertiary/aromatic N) is 2. The van der Waals surface area contributed by atoms with Crippen molar-refractivity contribution in [1.82, 2.24) is 4.90 Å². The van der Waals surface area contributed by atoms with Crippen molar-refractivity contribution in [3.63, 3.8) is 0 Å². The molecule has 3 aromatic rings. The fourth-order valence-corrected chi connectivity index (χ4v) is 5.58. The largest absolute Gasteiger partial charge is 0.338 e. The minimum atomic E-state index is -3.74. The Hall–Kier alpha value is -3.12. The number of sulfonamides is 1. The Bertz CT molecular complexity index is 1150. The Morgan fingerprint density at radius 2 is 1.56 bits per heavy atom. The van der Waals surface area contributed by atoms with Crippen molar-refractivity contribution >= 4 is 21.6 Å². The van der Waals surface area contributed by atoms with Crippen LogP contribution in [0, 0.1) is 5.92 Å². The summed E-state index contributed by atoms with van der Waals surface area (Å²) < 4.78 is 28.2. The predicted molar refractivity (Wildman–Crippen MR) is 127 cm³/mol. The van der Waals surface area contributed by atoms with Crippen molar-refractivity contribution in [1.29, 1.82) is 0 Å². The van der Waals surface area contributed by atoms with Crippen molar-refractivity contribution in [3.8, 4) is 0 Å². The molecule has 1 fully saturated rings.